The van der Waals surface area contributed by atoms with Gasteiger partial charge >= 0.3 is 0 Å². The van der Waals surface area contributed by atoms with Crippen molar-refractivity contribution < 1.29 is 19.4 Å². The predicted molar refractivity (Wildman–Crippen MR) is 76.6 cm³/mol. The average Bonchev–Trinajstić information content (AvgIpc) is 2.93. The molecule has 1 aromatic rings. The van der Waals surface area contributed by atoms with E-state index in [0.717, 1.165) is 17.5 Å². The molecule has 0 spiro atoms. The average molecular weight is 290 g/mol. The van der Waals surface area contributed by atoms with Gasteiger partial charge in [0.05, 0.1) is 12.0 Å². The molecule has 2 atom stereocenters. The minimum Gasteiger partial charge on any atom is -0.550 e. The minimum atomic E-state index is -1.23. The lowest BCUT2D eigenvalue weighted by Gasteiger charge is -2.23. The lowest BCUT2D eigenvalue weighted by atomic mass is 9.95. The van der Waals surface area contributed by atoms with E-state index in [4.69, 9.17) is 4.74 Å². The number of carbonyl (C=O) groups excluding carboxylic acids is 2. The summed E-state index contributed by atoms with van der Waals surface area (Å²) >= 11 is 0. The van der Waals surface area contributed by atoms with Crippen LogP contribution in [0.4, 0.5) is 5.69 Å². The Morgan fingerprint density at radius 1 is 1.43 bits per heavy atom. The van der Waals surface area contributed by atoms with E-state index in [1.54, 1.807) is 0 Å². The Balaban J connectivity index is 2.13. The summed E-state index contributed by atoms with van der Waals surface area (Å²) in [6, 6.07) is 5.76. The molecule has 0 saturated carbocycles. The minimum absolute atomic E-state index is 0.318. The van der Waals surface area contributed by atoms with E-state index in [2.05, 4.69) is 5.32 Å². The zero-order valence-electron chi connectivity index (χ0n) is 12.3. The van der Waals surface area contributed by atoms with Crippen LogP contribution in [0.15, 0.2) is 18.2 Å². The Morgan fingerprint density at radius 2 is 2.19 bits per heavy atom. The van der Waals surface area contributed by atoms with Gasteiger partial charge in [-0.05, 0) is 43.9 Å². The van der Waals surface area contributed by atoms with E-state index >= 15 is 0 Å². The van der Waals surface area contributed by atoms with E-state index in [1.807, 2.05) is 32.0 Å². The van der Waals surface area contributed by atoms with Gasteiger partial charge in [-0.15, -0.1) is 0 Å². The summed E-state index contributed by atoms with van der Waals surface area (Å²) in [5, 5.41) is 13.7. The van der Waals surface area contributed by atoms with Crippen LogP contribution in [-0.4, -0.2) is 24.6 Å². The van der Waals surface area contributed by atoms with Crippen LogP contribution in [0, 0.1) is 19.8 Å². The Kier molecular flexibility index (Phi) is 4.96. The molecule has 1 saturated heterocycles. The molecule has 5 heteroatoms. The second-order valence-corrected chi connectivity index (χ2v) is 5.54. The second kappa shape index (κ2) is 6.72. The number of hydrogen-bond donors (Lipinski definition) is 1. The van der Waals surface area contributed by atoms with Gasteiger partial charge in [0, 0.05) is 24.7 Å². The van der Waals surface area contributed by atoms with Crippen LogP contribution in [0.25, 0.3) is 0 Å². The highest BCUT2D eigenvalue weighted by molar-refractivity contribution is 5.95. The maximum atomic E-state index is 12.4. The summed E-state index contributed by atoms with van der Waals surface area (Å²) in [7, 11) is 0. The molecule has 2 rings (SSSR count). The van der Waals surface area contributed by atoms with Gasteiger partial charge in [0.2, 0.25) is 5.91 Å². The molecule has 1 N–H and O–H groups in total. The molecular formula is C16H20NO4-. The van der Waals surface area contributed by atoms with Crippen LogP contribution >= 0.6 is 0 Å². The molecule has 0 aromatic heterocycles. The van der Waals surface area contributed by atoms with Gasteiger partial charge in [0.1, 0.15) is 0 Å². The maximum absolute atomic E-state index is 12.4. The quantitative estimate of drug-likeness (QED) is 0.883. The molecule has 1 aromatic carbocycles. The van der Waals surface area contributed by atoms with Crippen molar-refractivity contribution in [2.24, 2.45) is 5.92 Å². The highest BCUT2D eigenvalue weighted by Crippen LogP contribution is 2.25. The van der Waals surface area contributed by atoms with Gasteiger partial charge in [-0.1, -0.05) is 12.1 Å². The Labute approximate surface area is 124 Å². The topological polar surface area (TPSA) is 78.5 Å². The number of carboxylic acids is 1. The number of benzene rings is 1. The number of anilines is 1. The number of nitrogens with one attached hydrogen (secondary N) is 1. The number of carbonyl (C=O) groups is 2. The molecule has 1 aliphatic heterocycles. The normalized spacial score (nSPS) is 19.2. The highest BCUT2D eigenvalue weighted by atomic mass is 16.5. The lowest BCUT2D eigenvalue weighted by Crippen LogP contribution is -2.38. The zero-order valence-corrected chi connectivity index (χ0v) is 12.3. The summed E-state index contributed by atoms with van der Waals surface area (Å²) in [4.78, 5) is 23.3. The van der Waals surface area contributed by atoms with Gasteiger partial charge < -0.3 is 20.0 Å². The number of amides is 1. The molecular weight excluding hydrogens is 270 g/mol. The van der Waals surface area contributed by atoms with Crippen LogP contribution in [0.2, 0.25) is 0 Å². The molecule has 0 radical (unpaired) electrons. The molecule has 114 valence electrons. The number of ether oxygens (including phenoxy) is 1. The second-order valence-electron chi connectivity index (χ2n) is 5.54. The Morgan fingerprint density at radius 3 is 2.81 bits per heavy atom. The summed E-state index contributed by atoms with van der Waals surface area (Å²) in [6.07, 6.45) is 0.901. The van der Waals surface area contributed by atoms with Crippen molar-refractivity contribution in [2.45, 2.75) is 39.2 Å². The summed E-state index contributed by atoms with van der Waals surface area (Å²) < 4.78 is 5.48. The summed E-state index contributed by atoms with van der Waals surface area (Å²) in [5.41, 5.74) is 2.68. The molecule has 0 aliphatic carbocycles. The molecule has 5 nitrogen and oxygen atoms in total. The first-order valence-electron chi connectivity index (χ1n) is 7.17. The van der Waals surface area contributed by atoms with Crippen molar-refractivity contribution in [3.05, 3.63) is 29.3 Å². The molecule has 1 aliphatic rings. The Bertz CT molecular complexity index is 535. The first-order chi connectivity index (χ1) is 9.97. The van der Waals surface area contributed by atoms with Crippen molar-refractivity contribution in [3.8, 4) is 0 Å². The van der Waals surface area contributed by atoms with E-state index in [-0.39, 0.29) is 18.4 Å². The monoisotopic (exact) mass is 290 g/mol. The fraction of sp³-hybridized carbons (Fsp3) is 0.500. The van der Waals surface area contributed by atoms with Crippen LogP contribution in [0.1, 0.15) is 30.4 Å². The number of aryl methyl sites for hydroxylation is 2. The predicted octanol–water partition coefficient (Wildman–Crippen LogP) is 1.18. The molecule has 0 bridgehead atoms. The van der Waals surface area contributed by atoms with Crippen LogP contribution in [0.5, 0.6) is 0 Å². The van der Waals surface area contributed by atoms with Gasteiger partial charge in [-0.2, -0.15) is 0 Å². The molecule has 21 heavy (non-hydrogen) atoms. The maximum Gasteiger partial charge on any atom is 0.230 e. The van der Waals surface area contributed by atoms with Crippen LogP contribution in [-0.2, 0) is 14.3 Å². The van der Waals surface area contributed by atoms with Gasteiger partial charge in [-0.25, -0.2) is 0 Å². The van der Waals surface area contributed by atoms with Crippen molar-refractivity contribution in [1.82, 2.24) is 0 Å². The third-order valence-electron chi connectivity index (χ3n) is 3.79. The van der Waals surface area contributed by atoms with Gasteiger partial charge in [0.25, 0.3) is 0 Å². The third-order valence-corrected chi connectivity index (χ3v) is 3.79. The standard InChI is InChI=1S/C16H21NO4/c1-10-5-6-11(2)13(8-10)17-16(20)12(9-15(18)19)14-4-3-7-21-14/h5-6,8,12,14H,3-4,7,9H2,1-2H3,(H,17,20)(H,18,19)/p-1/t12-,14-/m1/s1. The fourth-order valence-electron chi connectivity index (χ4n) is 2.59. The molecule has 0 unspecified atom stereocenters. The van der Waals surface area contributed by atoms with Crippen molar-refractivity contribution in [1.29, 1.82) is 0 Å². The first-order valence-corrected chi connectivity index (χ1v) is 7.17. The van der Waals surface area contributed by atoms with Crippen LogP contribution < -0.4 is 10.4 Å². The fourth-order valence-corrected chi connectivity index (χ4v) is 2.59. The Hall–Kier alpha value is -1.88. The number of carboxylic acid groups (broad SMARTS) is 1. The molecule has 1 amide bonds. The lowest BCUT2D eigenvalue weighted by molar-refractivity contribution is -0.307. The largest absolute Gasteiger partial charge is 0.550 e. The van der Waals surface area contributed by atoms with Crippen molar-refractivity contribution in [2.75, 3.05) is 11.9 Å². The highest BCUT2D eigenvalue weighted by Gasteiger charge is 2.32. The first kappa shape index (κ1) is 15.5. The summed E-state index contributed by atoms with van der Waals surface area (Å²) in [6.45, 7) is 4.41. The third kappa shape index (κ3) is 4.04. The van der Waals surface area contributed by atoms with Gasteiger partial charge in [0.15, 0.2) is 0 Å². The van der Waals surface area contributed by atoms with E-state index < -0.39 is 11.9 Å². The summed E-state index contributed by atoms with van der Waals surface area (Å²) in [5.74, 6) is -2.26. The number of aliphatic carboxylic acids is 1. The zero-order chi connectivity index (χ0) is 15.4. The number of hydrogen-bond acceptors (Lipinski definition) is 4. The van der Waals surface area contributed by atoms with E-state index in [9.17, 15) is 14.7 Å². The molecule has 1 fully saturated rings. The number of rotatable bonds is 5. The van der Waals surface area contributed by atoms with Crippen molar-refractivity contribution >= 4 is 17.6 Å². The smallest absolute Gasteiger partial charge is 0.230 e. The van der Waals surface area contributed by atoms with Crippen molar-refractivity contribution in [3.63, 3.8) is 0 Å². The SMILES string of the molecule is Cc1ccc(C)c(NC(=O)[C@H](CC(=O)[O-])[C@H]2CCCO2)c1. The van der Waals surface area contributed by atoms with E-state index in [1.165, 1.54) is 0 Å². The van der Waals surface area contributed by atoms with E-state index in [0.29, 0.717) is 18.7 Å². The van der Waals surface area contributed by atoms with Gasteiger partial charge in [-0.3, -0.25) is 4.79 Å². The van der Waals surface area contributed by atoms with Crippen LogP contribution in [0.3, 0.4) is 0 Å². The molecule has 1 heterocycles.